The first-order chi connectivity index (χ1) is 9.65. The van der Waals surface area contributed by atoms with E-state index in [4.69, 9.17) is 0 Å². The Bertz CT molecular complexity index is 653. The number of hydrogen-bond acceptors (Lipinski definition) is 1. The molecule has 0 fully saturated rings. The Morgan fingerprint density at radius 3 is 2.30 bits per heavy atom. The molecule has 2 rings (SSSR count). The molecule has 0 bridgehead atoms. The summed E-state index contributed by atoms with van der Waals surface area (Å²) in [6, 6.07) is 11.8. The quantitative estimate of drug-likeness (QED) is 0.744. The largest absolute Gasteiger partial charge is 0.331 e. The van der Waals surface area contributed by atoms with Crippen LogP contribution in [0.2, 0.25) is 0 Å². The number of amides is 1. The van der Waals surface area contributed by atoms with Crippen molar-refractivity contribution in [1.82, 2.24) is 4.90 Å². The number of hydrogen-bond donors (Lipinski definition) is 0. The van der Waals surface area contributed by atoms with Crippen LogP contribution in [0.3, 0.4) is 0 Å². The SMILES string of the molecule is C=CCN(CC=C)C(=O)c1ccc2cc(Br)ccc2c1. The summed E-state index contributed by atoms with van der Waals surface area (Å²) in [4.78, 5) is 14.2. The van der Waals surface area contributed by atoms with Gasteiger partial charge in [0.2, 0.25) is 0 Å². The Morgan fingerprint density at radius 1 is 1.05 bits per heavy atom. The van der Waals surface area contributed by atoms with Gasteiger partial charge in [-0.3, -0.25) is 4.79 Å². The molecule has 0 aromatic heterocycles. The molecule has 0 N–H and O–H groups in total. The summed E-state index contributed by atoms with van der Waals surface area (Å²) in [7, 11) is 0. The van der Waals surface area contributed by atoms with E-state index in [-0.39, 0.29) is 5.91 Å². The third-order valence-electron chi connectivity index (χ3n) is 3.04. The van der Waals surface area contributed by atoms with Gasteiger partial charge < -0.3 is 4.90 Å². The molecule has 0 saturated heterocycles. The first-order valence-corrected chi connectivity index (χ1v) is 7.15. The van der Waals surface area contributed by atoms with Gasteiger partial charge in [0.1, 0.15) is 0 Å². The smallest absolute Gasteiger partial charge is 0.254 e. The summed E-state index contributed by atoms with van der Waals surface area (Å²) in [6.07, 6.45) is 3.44. The summed E-state index contributed by atoms with van der Waals surface area (Å²) in [5, 5.41) is 2.16. The van der Waals surface area contributed by atoms with Gasteiger partial charge in [-0.1, -0.05) is 40.2 Å². The van der Waals surface area contributed by atoms with Crippen molar-refractivity contribution in [1.29, 1.82) is 0 Å². The normalized spacial score (nSPS) is 10.2. The fourth-order valence-electron chi connectivity index (χ4n) is 2.08. The fourth-order valence-corrected chi connectivity index (χ4v) is 2.46. The Morgan fingerprint density at radius 2 is 1.65 bits per heavy atom. The minimum atomic E-state index is -0.00498. The Hall–Kier alpha value is -1.87. The molecule has 2 nitrogen and oxygen atoms in total. The molecule has 20 heavy (non-hydrogen) atoms. The molecule has 1 amide bonds. The molecule has 0 aliphatic carbocycles. The van der Waals surface area contributed by atoms with Crippen molar-refractivity contribution >= 4 is 32.6 Å². The van der Waals surface area contributed by atoms with Crippen LogP contribution in [-0.4, -0.2) is 23.9 Å². The van der Waals surface area contributed by atoms with E-state index in [0.717, 1.165) is 15.2 Å². The van der Waals surface area contributed by atoms with Gasteiger partial charge in [0, 0.05) is 23.1 Å². The second kappa shape index (κ2) is 6.53. The predicted molar refractivity (Wildman–Crippen MR) is 87.9 cm³/mol. The lowest BCUT2D eigenvalue weighted by Crippen LogP contribution is -2.31. The number of halogens is 1. The summed E-state index contributed by atoms with van der Waals surface area (Å²) < 4.78 is 1.03. The second-order valence-electron chi connectivity index (χ2n) is 4.49. The molecule has 2 aromatic carbocycles. The molecule has 2 aromatic rings. The number of benzene rings is 2. The maximum atomic E-state index is 12.5. The highest BCUT2D eigenvalue weighted by Crippen LogP contribution is 2.21. The van der Waals surface area contributed by atoms with Gasteiger partial charge in [0.25, 0.3) is 5.91 Å². The lowest BCUT2D eigenvalue weighted by atomic mass is 10.1. The summed E-state index contributed by atoms with van der Waals surface area (Å²) in [5.74, 6) is -0.00498. The third-order valence-corrected chi connectivity index (χ3v) is 3.53. The zero-order valence-electron chi connectivity index (χ0n) is 11.2. The van der Waals surface area contributed by atoms with Crippen molar-refractivity contribution in [3.8, 4) is 0 Å². The average Bonchev–Trinajstić information content (AvgIpc) is 2.45. The van der Waals surface area contributed by atoms with Gasteiger partial charge in [-0.05, 0) is 35.0 Å². The zero-order chi connectivity index (χ0) is 14.5. The standard InChI is InChI=1S/C17H16BrNO/c1-3-9-19(10-4-2)17(20)15-6-5-14-12-16(18)8-7-13(14)11-15/h3-8,11-12H,1-2,9-10H2. The van der Waals surface area contributed by atoms with E-state index in [9.17, 15) is 4.79 Å². The van der Waals surface area contributed by atoms with Crippen LogP contribution in [0.25, 0.3) is 10.8 Å². The van der Waals surface area contributed by atoms with Crippen molar-refractivity contribution < 1.29 is 4.79 Å². The van der Waals surface area contributed by atoms with Gasteiger partial charge in [-0.15, -0.1) is 13.2 Å². The Labute approximate surface area is 127 Å². The maximum absolute atomic E-state index is 12.5. The van der Waals surface area contributed by atoms with Gasteiger partial charge in [-0.2, -0.15) is 0 Å². The summed E-state index contributed by atoms with van der Waals surface area (Å²) in [6.45, 7) is 8.40. The number of nitrogens with zero attached hydrogens (tertiary/aromatic N) is 1. The van der Waals surface area contributed by atoms with Gasteiger partial charge in [0.05, 0.1) is 0 Å². The first-order valence-electron chi connectivity index (χ1n) is 6.36. The van der Waals surface area contributed by atoms with Gasteiger partial charge in [-0.25, -0.2) is 0 Å². The summed E-state index contributed by atoms with van der Waals surface area (Å²) in [5.41, 5.74) is 0.684. The Kier molecular flexibility index (Phi) is 4.74. The molecule has 0 heterocycles. The van der Waals surface area contributed by atoms with Crippen LogP contribution in [0.5, 0.6) is 0 Å². The van der Waals surface area contributed by atoms with E-state index < -0.39 is 0 Å². The fraction of sp³-hybridized carbons (Fsp3) is 0.118. The van der Waals surface area contributed by atoms with Crippen LogP contribution < -0.4 is 0 Å². The zero-order valence-corrected chi connectivity index (χ0v) is 12.8. The monoisotopic (exact) mass is 329 g/mol. The highest BCUT2D eigenvalue weighted by Gasteiger charge is 2.13. The van der Waals surface area contributed by atoms with E-state index in [2.05, 4.69) is 29.1 Å². The van der Waals surface area contributed by atoms with Crippen LogP contribution in [0.4, 0.5) is 0 Å². The first kappa shape index (κ1) is 14.5. The highest BCUT2D eigenvalue weighted by molar-refractivity contribution is 9.10. The molecule has 3 heteroatoms. The van der Waals surface area contributed by atoms with E-state index in [1.807, 2.05) is 36.4 Å². The Balaban J connectivity index is 2.36. The van der Waals surface area contributed by atoms with Crippen molar-refractivity contribution in [2.75, 3.05) is 13.1 Å². The van der Waals surface area contributed by atoms with E-state index in [1.165, 1.54) is 0 Å². The van der Waals surface area contributed by atoms with Crippen LogP contribution in [-0.2, 0) is 0 Å². The predicted octanol–water partition coefficient (Wildman–Crippen LogP) is 4.42. The molecule has 0 spiro atoms. The van der Waals surface area contributed by atoms with Crippen molar-refractivity contribution in [3.05, 3.63) is 71.7 Å². The number of fused-ring (bicyclic) bond motifs is 1. The second-order valence-corrected chi connectivity index (χ2v) is 5.41. The average molecular weight is 330 g/mol. The van der Waals surface area contributed by atoms with E-state index in [1.54, 1.807) is 17.1 Å². The number of carbonyl (C=O) groups excluding carboxylic acids is 1. The van der Waals surface area contributed by atoms with Crippen LogP contribution in [0.15, 0.2) is 66.2 Å². The van der Waals surface area contributed by atoms with E-state index in [0.29, 0.717) is 18.7 Å². The molecule has 0 radical (unpaired) electrons. The molecule has 0 unspecified atom stereocenters. The minimum absolute atomic E-state index is 0.00498. The number of carbonyl (C=O) groups is 1. The highest BCUT2D eigenvalue weighted by atomic mass is 79.9. The van der Waals surface area contributed by atoms with Crippen molar-refractivity contribution in [3.63, 3.8) is 0 Å². The molecule has 0 aliphatic heterocycles. The van der Waals surface area contributed by atoms with E-state index >= 15 is 0 Å². The topological polar surface area (TPSA) is 20.3 Å². The lowest BCUT2D eigenvalue weighted by Gasteiger charge is -2.19. The molecular weight excluding hydrogens is 314 g/mol. The van der Waals surface area contributed by atoms with Crippen molar-refractivity contribution in [2.24, 2.45) is 0 Å². The molecule has 0 saturated carbocycles. The minimum Gasteiger partial charge on any atom is -0.331 e. The van der Waals surface area contributed by atoms with Crippen LogP contribution >= 0.6 is 15.9 Å². The van der Waals surface area contributed by atoms with Gasteiger partial charge >= 0.3 is 0 Å². The third kappa shape index (κ3) is 3.17. The lowest BCUT2D eigenvalue weighted by molar-refractivity contribution is 0.0791. The summed E-state index contributed by atoms with van der Waals surface area (Å²) >= 11 is 3.45. The molecule has 0 atom stereocenters. The molecule has 0 aliphatic rings. The van der Waals surface area contributed by atoms with Crippen molar-refractivity contribution in [2.45, 2.75) is 0 Å². The number of rotatable bonds is 5. The van der Waals surface area contributed by atoms with Crippen LogP contribution in [0, 0.1) is 0 Å². The van der Waals surface area contributed by atoms with Gasteiger partial charge in [0.15, 0.2) is 0 Å². The molecule has 102 valence electrons. The molecular formula is C17H16BrNO. The van der Waals surface area contributed by atoms with Crippen LogP contribution in [0.1, 0.15) is 10.4 Å². The maximum Gasteiger partial charge on any atom is 0.254 e.